The number of aryl methyl sites for hydroxylation is 1. The SMILES string of the molecule is CCc1ccccc1NC(=O)Cn1cc(-c2ccc(OC)cc2)c(N2CCOCC2)n1. The lowest BCUT2D eigenvalue weighted by Crippen LogP contribution is -2.36. The monoisotopic (exact) mass is 420 g/mol. The molecule has 4 rings (SSSR count). The molecule has 2 aromatic carbocycles. The molecule has 1 aliphatic rings. The van der Waals surface area contributed by atoms with Gasteiger partial charge in [-0.15, -0.1) is 0 Å². The van der Waals surface area contributed by atoms with Crippen LogP contribution in [-0.2, 0) is 22.5 Å². The summed E-state index contributed by atoms with van der Waals surface area (Å²) in [6, 6.07) is 15.8. The van der Waals surface area contributed by atoms with Gasteiger partial charge in [-0.3, -0.25) is 9.48 Å². The molecule has 2 heterocycles. The van der Waals surface area contributed by atoms with Crippen molar-refractivity contribution in [3.63, 3.8) is 0 Å². The van der Waals surface area contributed by atoms with Crippen molar-refractivity contribution in [2.45, 2.75) is 19.9 Å². The third-order valence-electron chi connectivity index (χ3n) is 5.43. The second-order valence-corrected chi connectivity index (χ2v) is 7.45. The van der Waals surface area contributed by atoms with Gasteiger partial charge in [-0.1, -0.05) is 37.3 Å². The molecule has 1 fully saturated rings. The molecule has 0 atom stereocenters. The van der Waals surface area contributed by atoms with E-state index in [9.17, 15) is 4.79 Å². The predicted molar refractivity (Wildman–Crippen MR) is 122 cm³/mol. The molecule has 1 aliphatic heterocycles. The zero-order chi connectivity index (χ0) is 21.6. The summed E-state index contributed by atoms with van der Waals surface area (Å²) in [6.07, 6.45) is 2.80. The van der Waals surface area contributed by atoms with Crippen LogP contribution in [0.2, 0.25) is 0 Å². The molecule has 31 heavy (non-hydrogen) atoms. The van der Waals surface area contributed by atoms with Crippen LogP contribution < -0.4 is 15.0 Å². The Bertz CT molecular complexity index is 1020. The minimum atomic E-state index is -0.0989. The molecule has 7 heteroatoms. The number of amides is 1. The van der Waals surface area contributed by atoms with Crippen LogP contribution in [0.25, 0.3) is 11.1 Å². The summed E-state index contributed by atoms with van der Waals surface area (Å²) >= 11 is 0. The van der Waals surface area contributed by atoms with E-state index in [1.165, 1.54) is 0 Å². The number of aromatic nitrogens is 2. The van der Waals surface area contributed by atoms with Gasteiger partial charge in [-0.05, 0) is 35.7 Å². The number of nitrogens with one attached hydrogen (secondary N) is 1. The number of methoxy groups -OCH3 is 1. The number of rotatable bonds is 7. The molecule has 0 radical (unpaired) electrons. The van der Waals surface area contributed by atoms with Crippen molar-refractivity contribution < 1.29 is 14.3 Å². The number of hydrogen-bond donors (Lipinski definition) is 1. The Morgan fingerprint density at radius 1 is 1.13 bits per heavy atom. The van der Waals surface area contributed by atoms with Gasteiger partial charge in [0.05, 0.1) is 20.3 Å². The van der Waals surface area contributed by atoms with E-state index in [1.54, 1.807) is 11.8 Å². The van der Waals surface area contributed by atoms with Crippen LogP contribution >= 0.6 is 0 Å². The highest BCUT2D eigenvalue weighted by atomic mass is 16.5. The van der Waals surface area contributed by atoms with Gasteiger partial charge >= 0.3 is 0 Å². The van der Waals surface area contributed by atoms with E-state index in [1.807, 2.05) is 54.7 Å². The molecule has 0 aliphatic carbocycles. The van der Waals surface area contributed by atoms with E-state index in [2.05, 4.69) is 17.1 Å². The summed E-state index contributed by atoms with van der Waals surface area (Å²) < 4.78 is 12.5. The molecule has 0 unspecified atom stereocenters. The molecule has 1 saturated heterocycles. The third-order valence-corrected chi connectivity index (χ3v) is 5.43. The molecule has 1 N–H and O–H groups in total. The first-order chi connectivity index (χ1) is 15.2. The smallest absolute Gasteiger partial charge is 0.246 e. The number of anilines is 2. The van der Waals surface area contributed by atoms with Crippen LogP contribution in [0.15, 0.2) is 54.7 Å². The lowest BCUT2D eigenvalue weighted by atomic mass is 10.1. The largest absolute Gasteiger partial charge is 0.497 e. The Morgan fingerprint density at radius 2 is 1.87 bits per heavy atom. The fourth-order valence-corrected chi connectivity index (χ4v) is 3.76. The second kappa shape index (κ2) is 9.66. The Kier molecular flexibility index (Phi) is 6.52. The van der Waals surface area contributed by atoms with E-state index in [0.717, 1.165) is 53.5 Å². The molecule has 1 amide bonds. The molecular weight excluding hydrogens is 392 g/mol. The molecule has 1 aromatic heterocycles. The average Bonchev–Trinajstić information content (AvgIpc) is 3.23. The van der Waals surface area contributed by atoms with Crippen molar-refractivity contribution in [1.82, 2.24) is 9.78 Å². The Balaban J connectivity index is 1.58. The van der Waals surface area contributed by atoms with Crippen molar-refractivity contribution in [3.05, 3.63) is 60.3 Å². The maximum Gasteiger partial charge on any atom is 0.246 e. The highest BCUT2D eigenvalue weighted by Crippen LogP contribution is 2.31. The normalized spacial score (nSPS) is 13.8. The standard InChI is InChI=1S/C24H28N4O3/c1-3-18-6-4-5-7-22(18)25-23(29)17-28-16-21(19-8-10-20(30-2)11-9-19)24(26-28)27-12-14-31-15-13-27/h4-11,16H,3,12-15,17H2,1-2H3,(H,25,29). The molecular formula is C24H28N4O3. The molecule has 3 aromatic rings. The summed E-state index contributed by atoms with van der Waals surface area (Å²) in [5.41, 5.74) is 3.99. The maximum absolute atomic E-state index is 12.7. The number of nitrogens with zero attached hydrogens (tertiary/aromatic N) is 3. The number of ether oxygens (including phenoxy) is 2. The number of para-hydroxylation sites is 1. The van der Waals surface area contributed by atoms with Crippen molar-refractivity contribution in [3.8, 4) is 16.9 Å². The molecule has 0 saturated carbocycles. The van der Waals surface area contributed by atoms with Crippen molar-refractivity contribution in [1.29, 1.82) is 0 Å². The Hall–Kier alpha value is -3.32. The van der Waals surface area contributed by atoms with Crippen LogP contribution in [0.5, 0.6) is 5.75 Å². The fraction of sp³-hybridized carbons (Fsp3) is 0.333. The van der Waals surface area contributed by atoms with Crippen molar-refractivity contribution in [2.24, 2.45) is 0 Å². The van der Waals surface area contributed by atoms with Crippen LogP contribution in [-0.4, -0.2) is 49.1 Å². The van der Waals surface area contributed by atoms with Crippen LogP contribution in [0, 0.1) is 0 Å². The van der Waals surface area contributed by atoms with E-state index in [-0.39, 0.29) is 12.5 Å². The quantitative estimate of drug-likeness (QED) is 0.633. The lowest BCUT2D eigenvalue weighted by molar-refractivity contribution is -0.116. The summed E-state index contributed by atoms with van der Waals surface area (Å²) in [5.74, 6) is 1.58. The van der Waals surface area contributed by atoms with Crippen molar-refractivity contribution in [2.75, 3.05) is 43.6 Å². The predicted octanol–water partition coefficient (Wildman–Crippen LogP) is 3.60. The minimum absolute atomic E-state index is 0.0989. The number of carbonyl (C=O) groups excluding carboxylic acids is 1. The first kappa shape index (κ1) is 20.9. The van der Waals surface area contributed by atoms with Crippen molar-refractivity contribution >= 4 is 17.4 Å². The second-order valence-electron chi connectivity index (χ2n) is 7.45. The van der Waals surface area contributed by atoms with Gasteiger partial charge in [0.2, 0.25) is 5.91 Å². The first-order valence-electron chi connectivity index (χ1n) is 10.6. The number of carbonyl (C=O) groups is 1. The molecule has 162 valence electrons. The fourth-order valence-electron chi connectivity index (χ4n) is 3.76. The summed E-state index contributed by atoms with van der Waals surface area (Å²) in [6.45, 7) is 5.11. The van der Waals surface area contributed by atoms with Gasteiger partial charge in [0.25, 0.3) is 0 Å². The van der Waals surface area contributed by atoms with E-state index in [0.29, 0.717) is 13.2 Å². The zero-order valence-corrected chi connectivity index (χ0v) is 18.0. The maximum atomic E-state index is 12.7. The Labute approximate surface area is 182 Å². The number of morpholine rings is 1. The van der Waals surface area contributed by atoms with Gasteiger partial charge in [0.1, 0.15) is 12.3 Å². The molecule has 7 nitrogen and oxygen atoms in total. The van der Waals surface area contributed by atoms with Gasteiger partial charge < -0.3 is 19.7 Å². The number of benzene rings is 2. The summed E-state index contributed by atoms with van der Waals surface area (Å²) in [7, 11) is 1.65. The third kappa shape index (κ3) is 4.88. The van der Waals surface area contributed by atoms with Gasteiger partial charge in [-0.2, -0.15) is 5.10 Å². The highest BCUT2D eigenvalue weighted by molar-refractivity contribution is 5.91. The number of hydrogen-bond acceptors (Lipinski definition) is 5. The first-order valence-corrected chi connectivity index (χ1v) is 10.6. The van der Waals surface area contributed by atoms with Gasteiger partial charge in [0, 0.05) is 30.5 Å². The zero-order valence-electron chi connectivity index (χ0n) is 18.0. The summed E-state index contributed by atoms with van der Waals surface area (Å²) in [4.78, 5) is 15.0. The highest BCUT2D eigenvalue weighted by Gasteiger charge is 2.21. The van der Waals surface area contributed by atoms with E-state index < -0.39 is 0 Å². The summed E-state index contributed by atoms with van der Waals surface area (Å²) in [5, 5.41) is 7.80. The molecule has 0 spiro atoms. The van der Waals surface area contributed by atoms with Crippen LogP contribution in [0.4, 0.5) is 11.5 Å². The van der Waals surface area contributed by atoms with Crippen LogP contribution in [0.1, 0.15) is 12.5 Å². The average molecular weight is 421 g/mol. The van der Waals surface area contributed by atoms with Gasteiger partial charge in [0.15, 0.2) is 5.82 Å². The van der Waals surface area contributed by atoms with Crippen LogP contribution in [0.3, 0.4) is 0 Å². The Morgan fingerprint density at radius 3 is 2.58 bits per heavy atom. The minimum Gasteiger partial charge on any atom is -0.497 e. The lowest BCUT2D eigenvalue weighted by Gasteiger charge is -2.27. The molecule has 0 bridgehead atoms. The van der Waals surface area contributed by atoms with Gasteiger partial charge in [-0.25, -0.2) is 0 Å². The topological polar surface area (TPSA) is 68.6 Å². The van der Waals surface area contributed by atoms with E-state index >= 15 is 0 Å². The van der Waals surface area contributed by atoms with E-state index in [4.69, 9.17) is 14.6 Å².